The number of Topliss-reactive ketones (excluding diaryl/α,β-unsaturated/α-hetero) is 1. The zero-order valence-electron chi connectivity index (χ0n) is 10.4. The van der Waals surface area contributed by atoms with Crippen LogP contribution < -0.4 is 5.32 Å². The molecule has 0 fully saturated rings. The predicted octanol–water partition coefficient (Wildman–Crippen LogP) is 0.904. The van der Waals surface area contributed by atoms with Crippen LogP contribution in [0.1, 0.15) is 23.7 Å². The van der Waals surface area contributed by atoms with Crippen LogP contribution in [-0.4, -0.2) is 31.9 Å². The van der Waals surface area contributed by atoms with E-state index in [2.05, 4.69) is 20.8 Å². The highest BCUT2D eigenvalue weighted by atomic mass is 16.1. The molecule has 19 heavy (non-hydrogen) atoms. The lowest BCUT2D eigenvalue weighted by Gasteiger charge is -2.05. The molecule has 2 aromatic rings. The molecule has 98 valence electrons. The standard InChI is InChI=1S/C12H13N5O2/c1-9(18)10-2-4-11(5-3-10)14-12(19)6-7-17-8-13-15-16-17/h2-5,8H,6-7H2,1H3,(H,14,19). The van der Waals surface area contributed by atoms with E-state index in [1.807, 2.05) is 0 Å². The van der Waals surface area contributed by atoms with Gasteiger partial charge in [0.05, 0.1) is 6.54 Å². The number of anilines is 1. The second kappa shape index (κ2) is 5.85. The van der Waals surface area contributed by atoms with Crippen LogP contribution in [0.5, 0.6) is 0 Å². The summed E-state index contributed by atoms with van der Waals surface area (Å²) in [6, 6.07) is 6.76. The highest BCUT2D eigenvalue weighted by Crippen LogP contribution is 2.10. The first-order valence-corrected chi connectivity index (χ1v) is 5.77. The van der Waals surface area contributed by atoms with Crippen molar-refractivity contribution in [1.29, 1.82) is 0 Å². The summed E-state index contributed by atoms with van der Waals surface area (Å²) in [5.74, 6) is -0.136. The van der Waals surface area contributed by atoms with E-state index in [0.717, 1.165) is 0 Å². The molecule has 0 radical (unpaired) electrons. The maximum atomic E-state index is 11.7. The highest BCUT2D eigenvalue weighted by molar-refractivity contribution is 5.95. The van der Waals surface area contributed by atoms with Gasteiger partial charge < -0.3 is 5.32 Å². The van der Waals surface area contributed by atoms with Gasteiger partial charge in [0.15, 0.2) is 5.78 Å². The summed E-state index contributed by atoms with van der Waals surface area (Å²) in [7, 11) is 0. The molecule has 0 bridgehead atoms. The Bertz CT molecular complexity index is 562. The summed E-state index contributed by atoms with van der Waals surface area (Å²) in [4.78, 5) is 22.8. The number of ketones is 1. The van der Waals surface area contributed by atoms with E-state index in [4.69, 9.17) is 0 Å². The number of nitrogens with zero attached hydrogens (tertiary/aromatic N) is 4. The lowest BCUT2D eigenvalue weighted by Crippen LogP contribution is -2.14. The molecule has 0 aliphatic heterocycles. The van der Waals surface area contributed by atoms with Crippen LogP contribution in [0.2, 0.25) is 0 Å². The Morgan fingerprint density at radius 3 is 2.58 bits per heavy atom. The fourth-order valence-electron chi connectivity index (χ4n) is 1.51. The number of tetrazole rings is 1. The van der Waals surface area contributed by atoms with E-state index in [-0.39, 0.29) is 18.1 Å². The van der Waals surface area contributed by atoms with Gasteiger partial charge in [-0.3, -0.25) is 9.59 Å². The van der Waals surface area contributed by atoms with Gasteiger partial charge in [-0.2, -0.15) is 0 Å². The van der Waals surface area contributed by atoms with Crippen LogP contribution in [0.4, 0.5) is 5.69 Å². The van der Waals surface area contributed by atoms with Crippen molar-refractivity contribution < 1.29 is 9.59 Å². The Labute approximate surface area is 109 Å². The molecule has 7 nitrogen and oxygen atoms in total. The Morgan fingerprint density at radius 1 is 1.26 bits per heavy atom. The minimum absolute atomic E-state index is 0.00319. The zero-order valence-corrected chi connectivity index (χ0v) is 10.4. The van der Waals surface area contributed by atoms with Crippen LogP contribution in [-0.2, 0) is 11.3 Å². The summed E-state index contributed by atoms with van der Waals surface area (Å²) in [5, 5.41) is 13.4. The van der Waals surface area contributed by atoms with Gasteiger partial charge in [-0.1, -0.05) is 0 Å². The maximum absolute atomic E-state index is 11.7. The fraction of sp³-hybridized carbons (Fsp3) is 0.250. The zero-order chi connectivity index (χ0) is 13.7. The predicted molar refractivity (Wildman–Crippen MR) is 67.5 cm³/mol. The number of hydrogen-bond donors (Lipinski definition) is 1. The molecular weight excluding hydrogens is 246 g/mol. The Balaban J connectivity index is 1.86. The first kappa shape index (κ1) is 12.9. The number of carbonyl (C=O) groups excluding carboxylic acids is 2. The van der Waals surface area contributed by atoms with E-state index < -0.39 is 0 Å². The fourth-order valence-corrected chi connectivity index (χ4v) is 1.51. The number of amides is 1. The Kier molecular flexibility index (Phi) is 3.97. The van der Waals surface area contributed by atoms with Crippen LogP contribution >= 0.6 is 0 Å². The van der Waals surface area contributed by atoms with Gasteiger partial charge in [0.1, 0.15) is 6.33 Å². The van der Waals surface area contributed by atoms with Crippen molar-refractivity contribution in [2.75, 3.05) is 5.32 Å². The van der Waals surface area contributed by atoms with E-state index in [0.29, 0.717) is 17.8 Å². The molecule has 0 saturated carbocycles. The highest BCUT2D eigenvalue weighted by Gasteiger charge is 2.04. The van der Waals surface area contributed by atoms with Gasteiger partial charge in [0.25, 0.3) is 0 Å². The molecule has 0 spiro atoms. The summed E-state index contributed by atoms with van der Waals surface area (Å²) in [6.07, 6.45) is 1.73. The van der Waals surface area contributed by atoms with Gasteiger partial charge in [-0.25, -0.2) is 4.68 Å². The lowest BCUT2D eigenvalue weighted by molar-refractivity contribution is -0.116. The second-order valence-electron chi connectivity index (χ2n) is 4.00. The van der Waals surface area contributed by atoms with Gasteiger partial charge in [-0.05, 0) is 41.6 Å². The normalized spacial score (nSPS) is 10.2. The third kappa shape index (κ3) is 3.70. The molecular formula is C12H13N5O2. The van der Waals surface area contributed by atoms with Crippen molar-refractivity contribution in [2.45, 2.75) is 19.9 Å². The van der Waals surface area contributed by atoms with Crippen molar-refractivity contribution in [2.24, 2.45) is 0 Å². The second-order valence-corrected chi connectivity index (χ2v) is 4.00. The van der Waals surface area contributed by atoms with E-state index >= 15 is 0 Å². The molecule has 0 saturated heterocycles. The summed E-state index contributed by atoms with van der Waals surface area (Å²) in [6.45, 7) is 1.92. The van der Waals surface area contributed by atoms with Crippen LogP contribution in [0.3, 0.4) is 0 Å². The minimum Gasteiger partial charge on any atom is -0.326 e. The molecule has 1 aromatic carbocycles. The number of benzene rings is 1. The third-order valence-corrected chi connectivity index (χ3v) is 2.53. The average Bonchev–Trinajstić information content (AvgIpc) is 2.90. The Morgan fingerprint density at radius 2 is 2.00 bits per heavy atom. The van der Waals surface area contributed by atoms with Crippen molar-refractivity contribution in [3.8, 4) is 0 Å². The number of rotatable bonds is 5. The maximum Gasteiger partial charge on any atom is 0.226 e. The van der Waals surface area contributed by atoms with Crippen LogP contribution in [0, 0.1) is 0 Å². The van der Waals surface area contributed by atoms with Gasteiger partial charge in [0.2, 0.25) is 5.91 Å². The topological polar surface area (TPSA) is 89.8 Å². The van der Waals surface area contributed by atoms with Crippen molar-refractivity contribution in [3.63, 3.8) is 0 Å². The molecule has 2 rings (SSSR count). The lowest BCUT2D eigenvalue weighted by atomic mass is 10.1. The van der Waals surface area contributed by atoms with Gasteiger partial charge in [0, 0.05) is 17.7 Å². The molecule has 1 aromatic heterocycles. The molecule has 0 aliphatic carbocycles. The van der Waals surface area contributed by atoms with Crippen LogP contribution in [0.15, 0.2) is 30.6 Å². The molecule has 1 heterocycles. The summed E-state index contributed by atoms with van der Waals surface area (Å²) >= 11 is 0. The van der Waals surface area contributed by atoms with E-state index in [1.165, 1.54) is 17.9 Å². The first-order valence-electron chi connectivity index (χ1n) is 5.77. The molecule has 1 amide bonds. The molecule has 0 aliphatic rings. The summed E-state index contributed by atoms with van der Waals surface area (Å²) in [5.41, 5.74) is 1.28. The number of aromatic nitrogens is 4. The SMILES string of the molecule is CC(=O)c1ccc(NC(=O)CCn2cnnn2)cc1. The monoisotopic (exact) mass is 259 g/mol. The Hall–Kier alpha value is -2.57. The van der Waals surface area contributed by atoms with E-state index in [1.54, 1.807) is 24.3 Å². The van der Waals surface area contributed by atoms with Gasteiger partial charge >= 0.3 is 0 Å². The smallest absolute Gasteiger partial charge is 0.226 e. The number of carbonyl (C=O) groups is 2. The van der Waals surface area contributed by atoms with Crippen molar-refractivity contribution in [3.05, 3.63) is 36.2 Å². The molecule has 7 heteroatoms. The third-order valence-electron chi connectivity index (χ3n) is 2.53. The number of nitrogens with one attached hydrogen (secondary N) is 1. The minimum atomic E-state index is -0.133. The van der Waals surface area contributed by atoms with Gasteiger partial charge in [-0.15, -0.1) is 5.10 Å². The average molecular weight is 259 g/mol. The largest absolute Gasteiger partial charge is 0.326 e. The first-order chi connectivity index (χ1) is 9.15. The molecule has 0 atom stereocenters. The molecule has 0 unspecified atom stereocenters. The van der Waals surface area contributed by atoms with Crippen LogP contribution in [0.25, 0.3) is 0 Å². The molecule has 1 N–H and O–H groups in total. The quantitative estimate of drug-likeness (QED) is 0.806. The number of hydrogen-bond acceptors (Lipinski definition) is 5. The van der Waals surface area contributed by atoms with Crippen molar-refractivity contribution in [1.82, 2.24) is 20.2 Å². The van der Waals surface area contributed by atoms with Crippen molar-refractivity contribution >= 4 is 17.4 Å². The number of aryl methyl sites for hydroxylation is 1. The van der Waals surface area contributed by atoms with E-state index in [9.17, 15) is 9.59 Å². The summed E-state index contributed by atoms with van der Waals surface area (Å²) < 4.78 is 1.48.